The molecule has 0 radical (unpaired) electrons. The van der Waals surface area contributed by atoms with Crippen LogP contribution in [0.4, 0.5) is 4.39 Å². The SMILES string of the molecule is CCOC(=O)CC(O)(OCC)c1n(C(C)(C)C)nc(-c2ccccc2)[n+]1-c1ccc(F)cc1. The van der Waals surface area contributed by atoms with E-state index in [1.54, 1.807) is 35.2 Å². The van der Waals surface area contributed by atoms with E-state index in [4.69, 9.17) is 14.6 Å². The molecule has 1 atom stereocenters. The van der Waals surface area contributed by atoms with E-state index in [1.807, 2.05) is 51.1 Å². The fraction of sp³-hybridized carbons (Fsp3) is 0.400. The van der Waals surface area contributed by atoms with Crippen LogP contribution in [0.15, 0.2) is 54.6 Å². The summed E-state index contributed by atoms with van der Waals surface area (Å²) in [5.41, 5.74) is 0.743. The number of carbonyl (C=O) groups excluding carboxylic acids is 1. The van der Waals surface area contributed by atoms with Crippen LogP contribution in [0.2, 0.25) is 0 Å². The van der Waals surface area contributed by atoms with E-state index >= 15 is 0 Å². The van der Waals surface area contributed by atoms with Gasteiger partial charge in [0.15, 0.2) is 0 Å². The number of aromatic nitrogens is 3. The first-order chi connectivity index (χ1) is 15.6. The van der Waals surface area contributed by atoms with Gasteiger partial charge in [0.1, 0.15) is 23.5 Å². The standard InChI is InChI=1S/C25H31FN3O4/c1-6-32-21(30)17-25(31,33-7-2)23-28(20-15-13-19(26)14-16-20)22(18-11-9-8-10-12-18)27-29(23)24(3,4)5/h8-16,31H,6-7,17H2,1-5H3/q+1. The molecule has 7 nitrogen and oxygen atoms in total. The second kappa shape index (κ2) is 9.80. The number of ether oxygens (including phenoxy) is 2. The fourth-order valence-electron chi connectivity index (χ4n) is 3.64. The van der Waals surface area contributed by atoms with E-state index in [0.717, 1.165) is 5.56 Å². The first-order valence-corrected chi connectivity index (χ1v) is 11.0. The third-order valence-corrected chi connectivity index (χ3v) is 4.99. The van der Waals surface area contributed by atoms with E-state index in [9.17, 15) is 14.3 Å². The number of halogens is 1. The molecule has 1 aromatic heterocycles. The molecule has 1 heterocycles. The van der Waals surface area contributed by atoms with Crippen LogP contribution in [-0.4, -0.2) is 34.1 Å². The van der Waals surface area contributed by atoms with Gasteiger partial charge < -0.3 is 14.6 Å². The van der Waals surface area contributed by atoms with Crippen molar-refractivity contribution >= 4 is 5.97 Å². The topological polar surface area (TPSA) is 77.5 Å². The minimum Gasteiger partial charge on any atom is -0.466 e. The van der Waals surface area contributed by atoms with Gasteiger partial charge in [0, 0.05) is 11.7 Å². The Morgan fingerprint density at radius 3 is 2.24 bits per heavy atom. The smallest absolute Gasteiger partial charge is 0.314 e. The molecule has 3 rings (SSSR count). The Labute approximate surface area is 193 Å². The Kier molecular flexibility index (Phi) is 7.29. The monoisotopic (exact) mass is 456 g/mol. The van der Waals surface area contributed by atoms with Crippen LogP contribution in [0.5, 0.6) is 0 Å². The van der Waals surface area contributed by atoms with Crippen LogP contribution >= 0.6 is 0 Å². The van der Waals surface area contributed by atoms with E-state index in [-0.39, 0.29) is 19.0 Å². The van der Waals surface area contributed by atoms with Gasteiger partial charge in [0.2, 0.25) is 0 Å². The quantitative estimate of drug-likeness (QED) is 0.316. The van der Waals surface area contributed by atoms with Crippen molar-refractivity contribution in [3.05, 3.63) is 66.2 Å². The van der Waals surface area contributed by atoms with Crippen molar-refractivity contribution in [3.63, 3.8) is 0 Å². The Balaban J connectivity index is 2.40. The van der Waals surface area contributed by atoms with Crippen LogP contribution in [0, 0.1) is 5.82 Å². The third-order valence-electron chi connectivity index (χ3n) is 4.99. The fourth-order valence-corrected chi connectivity index (χ4v) is 3.64. The van der Waals surface area contributed by atoms with Gasteiger partial charge in [-0.15, -0.1) is 4.68 Å². The number of hydrogen-bond donors (Lipinski definition) is 1. The van der Waals surface area contributed by atoms with Crippen molar-refractivity contribution in [1.82, 2.24) is 9.78 Å². The van der Waals surface area contributed by atoms with E-state index in [0.29, 0.717) is 11.5 Å². The summed E-state index contributed by atoms with van der Waals surface area (Å²) in [5, 5.41) is 16.6. The number of aliphatic hydroxyl groups is 1. The predicted octanol–water partition coefficient (Wildman–Crippen LogP) is 3.86. The highest BCUT2D eigenvalue weighted by Crippen LogP contribution is 2.32. The molecule has 0 spiro atoms. The highest BCUT2D eigenvalue weighted by Gasteiger charge is 2.49. The zero-order valence-electron chi connectivity index (χ0n) is 19.7. The molecule has 0 saturated heterocycles. The summed E-state index contributed by atoms with van der Waals surface area (Å²) in [6.07, 6.45) is -0.439. The Morgan fingerprint density at radius 1 is 1.06 bits per heavy atom. The van der Waals surface area contributed by atoms with Crippen molar-refractivity contribution in [3.8, 4) is 17.1 Å². The highest BCUT2D eigenvalue weighted by atomic mass is 19.1. The molecule has 1 unspecified atom stereocenters. The summed E-state index contributed by atoms with van der Waals surface area (Å²) < 4.78 is 28.0. The van der Waals surface area contributed by atoms with Crippen molar-refractivity contribution in [2.75, 3.05) is 13.2 Å². The molecule has 0 aliphatic rings. The third kappa shape index (κ3) is 5.29. The molecule has 0 fully saturated rings. The van der Waals surface area contributed by atoms with Gasteiger partial charge in [-0.25, -0.2) is 4.39 Å². The number of carbonyl (C=O) groups is 1. The summed E-state index contributed by atoms with van der Waals surface area (Å²) in [6, 6.07) is 15.3. The lowest BCUT2D eigenvalue weighted by atomic mass is 10.1. The largest absolute Gasteiger partial charge is 0.466 e. The number of benzene rings is 2. The molecule has 0 aliphatic heterocycles. The van der Waals surface area contributed by atoms with Crippen molar-refractivity contribution in [1.29, 1.82) is 0 Å². The maximum absolute atomic E-state index is 13.8. The molecule has 1 N–H and O–H groups in total. The molecule has 3 aromatic rings. The number of esters is 1. The van der Waals surface area contributed by atoms with Crippen LogP contribution in [0.1, 0.15) is 46.9 Å². The molecule has 0 amide bonds. The van der Waals surface area contributed by atoms with Crippen LogP contribution < -0.4 is 4.57 Å². The molecular formula is C25H31FN3O4+. The van der Waals surface area contributed by atoms with Crippen molar-refractivity contribution in [2.45, 2.75) is 52.4 Å². The lowest BCUT2D eigenvalue weighted by molar-refractivity contribution is -0.611. The maximum atomic E-state index is 13.8. The molecule has 0 bridgehead atoms. The van der Waals surface area contributed by atoms with E-state index in [2.05, 4.69) is 0 Å². The highest BCUT2D eigenvalue weighted by molar-refractivity contribution is 5.70. The summed E-state index contributed by atoms with van der Waals surface area (Å²) in [4.78, 5) is 12.5. The maximum Gasteiger partial charge on any atom is 0.314 e. The molecule has 8 heteroatoms. The lowest BCUT2D eigenvalue weighted by Gasteiger charge is -2.27. The molecule has 0 aliphatic carbocycles. The zero-order valence-corrected chi connectivity index (χ0v) is 19.7. The predicted molar refractivity (Wildman–Crippen MR) is 121 cm³/mol. The van der Waals surface area contributed by atoms with Crippen LogP contribution in [0.3, 0.4) is 0 Å². The van der Waals surface area contributed by atoms with Crippen LogP contribution in [-0.2, 0) is 25.6 Å². The summed E-state index contributed by atoms with van der Waals surface area (Å²) in [5.74, 6) is -2.31. The molecular weight excluding hydrogens is 425 g/mol. The Hall–Kier alpha value is -3.10. The normalized spacial score (nSPS) is 13.5. The van der Waals surface area contributed by atoms with E-state index in [1.165, 1.54) is 12.1 Å². The number of nitrogens with zero attached hydrogens (tertiary/aromatic N) is 3. The molecule has 2 aromatic carbocycles. The Morgan fingerprint density at radius 2 is 1.70 bits per heavy atom. The number of hydrogen-bond acceptors (Lipinski definition) is 5. The van der Waals surface area contributed by atoms with Gasteiger partial charge in [-0.05, 0) is 71.0 Å². The summed E-state index contributed by atoms with van der Waals surface area (Å²) in [7, 11) is 0. The first-order valence-electron chi connectivity index (χ1n) is 11.0. The number of rotatable bonds is 8. The van der Waals surface area contributed by atoms with Gasteiger partial charge in [-0.3, -0.25) is 4.79 Å². The zero-order chi connectivity index (χ0) is 24.2. The minimum atomic E-state index is -2.05. The molecule has 0 saturated carbocycles. The average Bonchev–Trinajstić information content (AvgIpc) is 3.17. The van der Waals surface area contributed by atoms with Gasteiger partial charge in [0.05, 0.1) is 12.2 Å². The van der Waals surface area contributed by atoms with Crippen LogP contribution in [0.25, 0.3) is 17.1 Å². The Bertz CT molecular complexity index is 1090. The van der Waals surface area contributed by atoms with Crippen molar-refractivity contribution < 1.29 is 28.3 Å². The lowest BCUT2D eigenvalue weighted by Crippen LogP contribution is -2.50. The first kappa shape index (κ1) is 24.5. The summed E-state index contributed by atoms with van der Waals surface area (Å²) >= 11 is 0. The second-order valence-electron chi connectivity index (χ2n) is 8.61. The van der Waals surface area contributed by atoms with E-state index < -0.39 is 29.5 Å². The average molecular weight is 457 g/mol. The molecule has 33 heavy (non-hydrogen) atoms. The van der Waals surface area contributed by atoms with Gasteiger partial charge in [-0.2, -0.15) is 4.57 Å². The minimum absolute atomic E-state index is 0.134. The van der Waals surface area contributed by atoms with Crippen molar-refractivity contribution in [2.24, 2.45) is 0 Å². The van der Waals surface area contributed by atoms with Gasteiger partial charge in [-0.1, -0.05) is 18.2 Å². The van der Waals surface area contributed by atoms with Gasteiger partial charge in [0.25, 0.3) is 5.79 Å². The second-order valence-corrected chi connectivity index (χ2v) is 8.61. The summed E-state index contributed by atoms with van der Waals surface area (Å²) in [6.45, 7) is 9.54. The van der Waals surface area contributed by atoms with Gasteiger partial charge >= 0.3 is 17.6 Å². The molecule has 176 valence electrons.